The second-order valence-electron chi connectivity index (χ2n) is 5.53. The van der Waals surface area contributed by atoms with Gasteiger partial charge in [0.2, 0.25) is 0 Å². The highest BCUT2D eigenvalue weighted by Crippen LogP contribution is 2.27. The Balaban J connectivity index is 2.03. The highest BCUT2D eigenvalue weighted by atomic mass is 35.5. The van der Waals surface area contributed by atoms with Crippen LogP contribution in [0, 0.1) is 6.92 Å². The number of rotatable bonds is 4. The molecular formula is C14H22ClN3O2. The third-order valence-electron chi connectivity index (χ3n) is 3.95. The average molecular weight is 300 g/mol. The van der Waals surface area contributed by atoms with Crippen molar-refractivity contribution in [3.8, 4) is 0 Å². The number of halogens is 1. The smallest absolute Gasteiger partial charge is 0.256 e. The zero-order chi connectivity index (χ0) is 14.8. The maximum Gasteiger partial charge on any atom is 0.256 e. The molecule has 1 aromatic heterocycles. The van der Waals surface area contributed by atoms with Gasteiger partial charge in [0.1, 0.15) is 5.15 Å². The summed E-state index contributed by atoms with van der Waals surface area (Å²) >= 11 is 6.16. The molecule has 0 aliphatic heterocycles. The van der Waals surface area contributed by atoms with E-state index in [1.807, 2.05) is 6.92 Å². The van der Waals surface area contributed by atoms with Crippen molar-refractivity contribution in [1.82, 2.24) is 15.1 Å². The lowest BCUT2D eigenvalue weighted by atomic mass is 9.85. The van der Waals surface area contributed by atoms with Gasteiger partial charge in [-0.25, -0.2) is 0 Å². The monoisotopic (exact) mass is 299 g/mol. The number of hydrogen-bond acceptors (Lipinski definition) is 3. The van der Waals surface area contributed by atoms with Crippen LogP contribution in [-0.2, 0) is 6.54 Å². The first-order chi connectivity index (χ1) is 9.47. The lowest BCUT2D eigenvalue weighted by Crippen LogP contribution is -2.44. The predicted octanol–water partition coefficient (Wildman–Crippen LogP) is 2.29. The van der Waals surface area contributed by atoms with Crippen LogP contribution in [-0.4, -0.2) is 32.9 Å². The minimum Gasteiger partial charge on any atom is -0.388 e. The minimum atomic E-state index is -0.769. The second kappa shape index (κ2) is 6.14. The van der Waals surface area contributed by atoms with Gasteiger partial charge < -0.3 is 10.4 Å². The summed E-state index contributed by atoms with van der Waals surface area (Å²) in [6, 6.07) is 0. The Bertz CT molecular complexity index is 493. The molecule has 0 unspecified atom stereocenters. The SMILES string of the molecule is CCn1nc(C)c(C(=O)NCC2(O)CCCCC2)c1Cl. The van der Waals surface area contributed by atoms with Gasteiger partial charge in [-0.15, -0.1) is 0 Å². The molecule has 20 heavy (non-hydrogen) atoms. The molecule has 1 saturated carbocycles. The minimum absolute atomic E-state index is 0.258. The molecule has 112 valence electrons. The van der Waals surface area contributed by atoms with E-state index >= 15 is 0 Å². The van der Waals surface area contributed by atoms with E-state index in [2.05, 4.69) is 10.4 Å². The molecule has 2 N–H and O–H groups in total. The third kappa shape index (κ3) is 3.15. The topological polar surface area (TPSA) is 67.2 Å². The molecule has 0 aromatic carbocycles. The van der Waals surface area contributed by atoms with E-state index in [-0.39, 0.29) is 12.5 Å². The summed E-state index contributed by atoms with van der Waals surface area (Å²) in [5.74, 6) is -0.258. The summed E-state index contributed by atoms with van der Waals surface area (Å²) < 4.78 is 1.60. The van der Waals surface area contributed by atoms with E-state index in [1.54, 1.807) is 11.6 Å². The van der Waals surface area contributed by atoms with Crippen LogP contribution in [0.5, 0.6) is 0 Å². The number of hydrogen-bond donors (Lipinski definition) is 2. The molecule has 1 heterocycles. The zero-order valence-corrected chi connectivity index (χ0v) is 12.8. The number of aromatic nitrogens is 2. The van der Waals surface area contributed by atoms with Crippen molar-refractivity contribution in [2.24, 2.45) is 0 Å². The first kappa shape index (κ1) is 15.3. The van der Waals surface area contributed by atoms with Crippen LogP contribution in [0.4, 0.5) is 0 Å². The van der Waals surface area contributed by atoms with Gasteiger partial charge in [0.25, 0.3) is 5.91 Å². The molecule has 5 nitrogen and oxygen atoms in total. The predicted molar refractivity (Wildman–Crippen MR) is 78.0 cm³/mol. The van der Waals surface area contributed by atoms with Crippen molar-refractivity contribution in [3.63, 3.8) is 0 Å². The fourth-order valence-electron chi connectivity index (χ4n) is 2.74. The molecule has 1 aliphatic rings. The maximum atomic E-state index is 12.2. The van der Waals surface area contributed by atoms with E-state index < -0.39 is 5.60 Å². The van der Waals surface area contributed by atoms with Gasteiger partial charge in [-0.1, -0.05) is 30.9 Å². The van der Waals surface area contributed by atoms with Crippen LogP contribution in [0.3, 0.4) is 0 Å². The van der Waals surface area contributed by atoms with Crippen molar-refractivity contribution in [3.05, 3.63) is 16.4 Å². The Morgan fingerprint density at radius 3 is 2.65 bits per heavy atom. The number of nitrogens with one attached hydrogen (secondary N) is 1. The average Bonchev–Trinajstić information content (AvgIpc) is 2.72. The van der Waals surface area contributed by atoms with Crippen LogP contribution in [0.2, 0.25) is 5.15 Å². The molecule has 1 fully saturated rings. The molecular weight excluding hydrogens is 278 g/mol. The van der Waals surface area contributed by atoms with Crippen LogP contribution in [0.1, 0.15) is 55.1 Å². The maximum absolute atomic E-state index is 12.2. The van der Waals surface area contributed by atoms with E-state index in [1.165, 1.54) is 0 Å². The molecule has 0 spiro atoms. The number of nitrogens with zero attached hydrogens (tertiary/aromatic N) is 2. The number of aryl methyl sites for hydroxylation is 2. The first-order valence-electron chi connectivity index (χ1n) is 7.20. The molecule has 0 radical (unpaired) electrons. The number of amides is 1. The van der Waals surface area contributed by atoms with E-state index in [4.69, 9.17) is 11.6 Å². The highest BCUT2D eigenvalue weighted by Gasteiger charge is 2.30. The molecule has 0 bridgehead atoms. The van der Waals surface area contributed by atoms with Gasteiger partial charge >= 0.3 is 0 Å². The molecule has 1 aromatic rings. The van der Waals surface area contributed by atoms with Crippen molar-refractivity contribution >= 4 is 17.5 Å². The van der Waals surface area contributed by atoms with Crippen molar-refractivity contribution < 1.29 is 9.90 Å². The molecule has 2 rings (SSSR count). The number of carbonyl (C=O) groups is 1. The Morgan fingerprint density at radius 2 is 2.10 bits per heavy atom. The largest absolute Gasteiger partial charge is 0.388 e. The Labute approximate surface area is 124 Å². The van der Waals surface area contributed by atoms with E-state index in [0.717, 1.165) is 32.1 Å². The Kier molecular flexibility index (Phi) is 4.70. The summed E-state index contributed by atoms with van der Waals surface area (Å²) in [5, 5.41) is 17.8. The summed E-state index contributed by atoms with van der Waals surface area (Å²) in [5.41, 5.74) is 0.257. The lowest BCUT2D eigenvalue weighted by molar-refractivity contribution is 0.00525. The van der Waals surface area contributed by atoms with E-state index in [9.17, 15) is 9.90 Å². The van der Waals surface area contributed by atoms with Gasteiger partial charge in [-0.3, -0.25) is 9.48 Å². The van der Waals surface area contributed by atoms with E-state index in [0.29, 0.717) is 23.0 Å². The Morgan fingerprint density at radius 1 is 1.45 bits per heavy atom. The number of aliphatic hydroxyl groups is 1. The fourth-order valence-corrected chi connectivity index (χ4v) is 3.12. The van der Waals surface area contributed by atoms with Crippen LogP contribution in [0.25, 0.3) is 0 Å². The van der Waals surface area contributed by atoms with Gasteiger partial charge in [0.15, 0.2) is 0 Å². The summed E-state index contributed by atoms with van der Waals surface area (Å²) in [7, 11) is 0. The first-order valence-corrected chi connectivity index (χ1v) is 7.58. The number of carbonyl (C=O) groups excluding carboxylic acids is 1. The van der Waals surface area contributed by atoms with Crippen LogP contribution < -0.4 is 5.32 Å². The van der Waals surface area contributed by atoms with Gasteiger partial charge in [0, 0.05) is 13.1 Å². The van der Waals surface area contributed by atoms with Crippen molar-refractivity contribution in [1.29, 1.82) is 0 Å². The second-order valence-corrected chi connectivity index (χ2v) is 5.89. The zero-order valence-electron chi connectivity index (χ0n) is 12.1. The quantitative estimate of drug-likeness (QED) is 0.896. The van der Waals surface area contributed by atoms with Gasteiger partial charge in [0.05, 0.1) is 16.9 Å². The van der Waals surface area contributed by atoms with Crippen LogP contribution >= 0.6 is 11.6 Å². The molecule has 1 amide bonds. The van der Waals surface area contributed by atoms with Crippen LogP contribution in [0.15, 0.2) is 0 Å². The lowest BCUT2D eigenvalue weighted by Gasteiger charge is -2.32. The normalized spacial score (nSPS) is 18.0. The third-order valence-corrected chi connectivity index (χ3v) is 4.34. The summed E-state index contributed by atoms with van der Waals surface area (Å²) in [6.45, 7) is 4.59. The summed E-state index contributed by atoms with van der Waals surface area (Å²) in [6.07, 6.45) is 4.67. The molecule has 0 saturated heterocycles. The molecule has 0 atom stereocenters. The van der Waals surface area contributed by atoms with Crippen molar-refractivity contribution in [2.75, 3.05) is 6.54 Å². The molecule has 1 aliphatic carbocycles. The molecule has 6 heteroatoms. The summed E-state index contributed by atoms with van der Waals surface area (Å²) in [4.78, 5) is 12.2. The van der Waals surface area contributed by atoms with Gasteiger partial charge in [-0.2, -0.15) is 5.10 Å². The van der Waals surface area contributed by atoms with Gasteiger partial charge in [-0.05, 0) is 26.7 Å². The standard InChI is InChI=1S/C14H22ClN3O2/c1-3-18-12(15)11(10(2)17-18)13(19)16-9-14(20)7-5-4-6-8-14/h20H,3-9H2,1-2H3,(H,16,19). The highest BCUT2D eigenvalue weighted by molar-refractivity contribution is 6.33. The fraction of sp³-hybridized carbons (Fsp3) is 0.714. The van der Waals surface area contributed by atoms with Crippen molar-refractivity contribution in [2.45, 2.75) is 58.1 Å². The Hall–Kier alpha value is -1.07.